The van der Waals surface area contributed by atoms with E-state index in [0.717, 1.165) is 37.6 Å². The Morgan fingerprint density at radius 2 is 1.96 bits per heavy atom. The van der Waals surface area contributed by atoms with Crippen molar-refractivity contribution in [2.24, 2.45) is 5.92 Å². The van der Waals surface area contributed by atoms with Gasteiger partial charge in [0.05, 0.1) is 12.3 Å². The van der Waals surface area contributed by atoms with Gasteiger partial charge >= 0.3 is 0 Å². The highest BCUT2D eigenvalue weighted by Gasteiger charge is 2.29. The summed E-state index contributed by atoms with van der Waals surface area (Å²) in [7, 11) is 1.67. The lowest BCUT2D eigenvalue weighted by molar-refractivity contribution is -0.128. The third-order valence-corrected chi connectivity index (χ3v) is 4.99. The summed E-state index contributed by atoms with van der Waals surface area (Å²) in [4.78, 5) is 16.2. The predicted octanol–water partition coefficient (Wildman–Crippen LogP) is 1.89. The molecule has 2 fully saturated rings. The Kier molecular flexibility index (Phi) is 6.01. The van der Waals surface area contributed by atoms with Crippen molar-refractivity contribution in [2.75, 3.05) is 44.8 Å². The van der Waals surface area contributed by atoms with Gasteiger partial charge in [-0.1, -0.05) is 12.8 Å². The summed E-state index contributed by atoms with van der Waals surface area (Å²) < 4.78 is 5.06. The van der Waals surface area contributed by atoms with Crippen LogP contribution in [0.1, 0.15) is 37.8 Å². The number of likely N-dealkylation sites (tertiary alicyclic amines) is 1. The molecule has 1 aromatic rings. The zero-order chi connectivity index (χ0) is 16.8. The molecule has 24 heavy (non-hydrogen) atoms. The number of hydrogen-bond acceptors (Lipinski definition) is 5. The minimum Gasteiger partial charge on any atom is -0.383 e. The Balaban J connectivity index is 1.53. The van der Waals surface area contributed by atoms with Gasteiger partial charge in [-0.25, -0.2) is 0 Å². The highest BCUT2D eigenvalue weighted by Crippen LogP contribution is 2.22. The fraction of sp³-hybridized carbons (Fsp3) is 0.722. The van der Waals surface area contributed by atoms with E-state index in [1.807, 2.05) is 4.90 Å². The highest BCUT2D eigenvalue weighted by atomic mass is 16.5. The number of nitrogens with zero attached hydrogens (tertiary/aromatic N) is 4. The SMILES string of the molecule is COCCN1C[C@@H](Cc2ccc(N3CCCCCC3)nn2)CC1=O. The number of methoxy groups -OCH3 is 1. The Hall–Kier alpha value is -1.69. The van der Waals surface area contributed by atoms with Crippen LogP contribution in [-0.4, -0.2) is 60.9 Å². The quantitative estimate of drug-likeness (QED) is 0.796. The molecule has 0 N–H and O–H groups in total. The summed E-state index contributed by atoms with van der Waals surface area (Å²) >= 11 is 0. The van der Waals surface area contributed by atoms with Crippen LogP contribution >= 0.6 is 0 Å². The molecule has 6 nitrogen and oxygen atoms in total. The fourth-order valence-corrected chi connectivity index (χ4v) is 3.63. The fourth-order valence-electron chi connectivity index (χ4n) is 3.63. The van der Waals surface area contributed by atoms with Gasteiger partial charge in [0.25, 0.3) is 0 Å². The Bertz CT molecular complexity index is 526. The molecule has 3 rings (SSSR count). The smallest absolute Gasteiger partial charge is 0.223 e. The number of amides is 1. The van der Waals surface area contributed by atoms with E-state index in [9.17, 15) is 4.79 Å². The van der Waals surface area contributed by atoms with Crippen LogP contribution in [-0.2, 0) is 16.0 Å². The van der Waals surface area contributed by atoms with Gasteiger partial charge in [-0.2, -0.15) is 5.10 Å². The molecular formula is C18H28N4O2. The lowest BCUT2D eigenvalue weighted by Gasteiger charge is -2.20. The van der Waals surface area contributed by atoms with Gasteiger partial charge in [-0.3, -0.25) is 4.79 Å². The highest BCUT2D eigenvalue weighted by molar-refractivity contribution is 5.78. The second kappa shape index (κ2) is 8.42. The van der Waals surface area contributed by atoms with E-state index in [-0.39, 0.29) is 5.91 Å². The molecule has 0 aromatic carbocycles. The van der Waals surface area contributed by atoms with Crippen molar-refractivity contribution in [3.63, 3.8) is 0 Å². The first-order valence-corrected chi connectivity index (χ1v) is 9.10. The molecule has 1 amide bonds. The summed E-state index contributed by atoms with van der Waals surface area (Å²) in [5.74, 6) is 1.56. The Morgan fingerprint density at radius 1 is 1.17 bits per heavy atom. The molecule has 2 saturated heterocycles. The molecule has 0 saturated carbocycles. The van der Waals surface area contributed by atoms with Crippen LogP contribution in [0.2, 0.25) is 0 Å². The van der Waals surface area contributed by atoms with Gasteiger partial charge in [0.2, 0.25) is 5.91 Å². The van der Waals surface area contributed by atoms with Crippen LogP contribution in [0.5, 0.6) is 0 Å². The van der Waals surface area contributed by atoms with Crippen LogP contribution in [0, 0.1) is 5.92 Å². The van der Waals surface area contributed by atoms with Gasteiger partial charge in [0, 0.05) is 39.7 Å². The summed E-state index contributed by atoms with van der Waals surface area (Å²) in [6.07, 6.45) is 6.55. The first-order chi connectivity index (χ1) is 11.8. The van der Waals surface area contributed by atoms with Crippen LogP contribution < -0.4 is 4.90 Å². The van der Waals surface area contributed by atoms with Gasteiger partial charge in [0.1, 0.15) is 0 Å². The molecule has 3 heterocycles. The second-order valence-corrected chi connectivity index (χ2v) is 6.89. The van der Waals surface area contributed by atoms with E-state index < -0.39 is 0 Å². The second-order valence-electron chi connectivity index (χ2n) is 6.89. The zero-order valence-electron chi connectivity index (χ0n) is 14.6. The number of ether oxygens (including phenoxy) is 1. The maximum Gasteiger partial charge on any atom is 0.223 e. The standard InChI is InChI=1S/C18H28N4O2/c1-24-11-10-22-14-15(13-18(22)23)12-16-6-7-17(20-19-16)21-8-4-2-3-5-9-21/h6-7,15H,2-5,8-14H2,1H3/t15-/m0/s1. The molecule has 1 aromatic heterocycles. The normalized spacial score (nSPS) is 22.0. The summed E-state index contributed by atoms with van der Waals surface area (Å²) in [5, 5.41) is 8.85. The average Bonchev–Trinajstić information content (AvgIpc) is 2.79. The minimum absolute atomic E-state index is 0.228. The molecule has 2 aliphatic heterocycles. The first-order valence-electron chi connectivity index (χ1n) is 9.10. The van der Waals surface area contributed by atoms with Gasteiger partial charge < -0.3 is 14.5 Å². The van der Waals surface area contributed by atoms with Gasteiger partial charge in [0.15, 0.2) is 5.82 Å². The lowest BCUT2D eigenvalue weighted by atomic mass is 10.0. The van der Waals surface area contributed by atoms with Crippen molar-refractivity contribution < 1.29 is 9.53 Å². The minimum atomic E-state index is 0.228. The van der Waals surface area contributed by atoms with Gasteiger partial charge in [-0.15, -0.1) is 5.10 Å². The number of hydrogen-bond donors (Lipinski definition) is 0. The van der Waals surface area contributed by atoms with E-state index in [2.05, 4.69) is 27.2 Å². The molecule has 2 aliphatic rings. The largest absolute Gasteiger partial charge is 0.383 e. The summed E-state index contributed by atoms with van der Waals surface area (Å²) in [6, 6.07) is 4.17. The molecule has 6 heteroatoms. The summed E-state index contributed by atoms with van der Waals surface area (Å²) in [6.45, 7) is 4.26. The van der Waals surface area contributed by atoms with E-state index >= 15 is 0 Å². The lowest BCUT2D eigenvalue weighted by Crippen LogP contribution is -2.29. The first kappa shape index (κ1) is 17.1. The molecule has 0 aliphatic carbocycles. The van der Waals surface area contributed by atoms with Crippen LogP contribution in [0.4, 0.5) is 5.82 Å². The number of rotatable bonds is 6. The van der Waals surface area contributed by atoms with Crippen molar-refractivity contribution in [3.8, 4) is 0 Å². The molecule has 0 bridgehead atoms. The van der Waals surface area contributed by atoms with E-state index in [0.29, 0.717) is 25.5 Å². The van der Waals surface area contributed by atoms with Crippen LogP contribution in [0.3, 0.4) is 0 Å². The van der Waals surface area contributed by atoms with Crippen LogP contribution in [0.25, 0.3) is 0 Å². The van der Waals surface area contributed by atoms with Crippen LogP contribution in [0.15, 0.2) is 12.1 Å². The Morgan fingerprint density at radius 3 is 2.62 bits per heavy atom. The monoisotopic (exact) mass is 332 g/mol. The number of carbonyl (C=O) groups excluding carboxylic acids is 1. The summed E-state index contributed by atoms with van der Waals surface area (Å²) in [5.41, 5.74) is 0.986. The predicted molar refractivity (Wildman–Crippen MR) is 93.0 cm³/mol. The van der Waals surface area contributed by atoms with Crippen molar-refractivity contribution in [1.29, 1.82) is 0 Å². The van der Waals surface area contributed by atoms with Crippen molar-refractivity contribution in [3.05, 3.63) is 17.8 Å². The van der Waals surface area contributed by atoms with E-state index in [1.165, 1.54) is 25.7 Å². The third kappa shape index (κ3) is 4.44. The maximum absolute atomic E-state index is 12.0. The molecule has 0 unspecified atom stereocenters. The number of carbonyl (C=O) groups is 1. The maximum atomic E-state index is 12.0. The molecule has 132 valence electrons. The molecule has 1 atom stereocenters. The van der Waals surface area contributed by atoms with Crippen molar-refractivity contribution >= 4 is 11.7 Å². The molecule has 0 radical (unpaired) electrons. The van der Waals surface area contributed by atoms with Gasteiger partial charge in [-0.05, 0) is 37.3 Å². The van der Waals surface area contributed by atoms with E-state index in [1.54, 1.807) is 7.11 Å². The van der Waals surface area contributed by atoms with Crippen molar-refractivity contribution in [1.82, 2.24) is 15.1 Å². The number of anilines is 1. The molecular weight excluding hydrogens is 304 g/mol. The topological polar surface area (TPSA) is 58.6 Å². The zero-order valence-corrected chi connectivity index (χ0v) is 14.6. The Labute approximate surface area is 144 Å². The van der Waals surface area contributed by atoms with Crippen molar-refractivity contribution in [2.45, 2.75) is 38.5 Å². The number of aromatic nitrogens is 2. The average molecular weight is 332 g/mol. The molecule has 0 spiro atoms. The third-order valence-electron chi connectivity index (χ3n) is 4.99. The van der Waals surface area contributed by atoms with E-state index in [4.69, 9.17) is 4.74 Å².